The van der Waals surface area contributed by atoms with Crippen molar-refractivity contribution in [2.24, 2.45) is 0 Å². The second-order valence-corrected chi connectivity index (χ2v) is 3.07. The van der Waals surface area contributed by atoms with Gasteiger partial charge in [-0.1, -0.05) is 0 Å². The molecular weight excluding hydrogens is 196 g/mol. The van der Waals surface area contributed by atoms with Gasteiger partial charge in [0.25, 0.3) is 0 Å². The lowest BCUT2D eigenvalue weighted by Crippen LogP contribution is -2.04. The van der Waals surface area contributed by atoms with Gasteiger partial charge in [-0.2, -0.15) is 5.10 Å². The highest BCUT2D eigenvalue weighted by Crippen LogP contribution is 2.20. The van der Waals surface area contributed by atoms with Crippen LogP contribution in [0, 0.1) is 0 Å². The molecule has 0 unspecified atom stereocenters. The van der Waals surface area contributed by atoms with Gasteiger partial charge < -0.3 is 14.6 Å². The van der Waals surface area contributed by atoms with Crippen molar-refractivity contribution in [1.29, 1.82) is 0 Å². The number of ether oxygens (including phenoxy) is 2. The second kappa shape index (κ2) is 4.18. The van der Waals surface area contributed by atoms with Crippen LogP contribution in [0.3, 0.4) is 0 Å². The zero-order valence-electron chi connectivity index (χ0n) is 8.38. The Hall–Kier alpha value is -1.75. The SMILES string of the molecule is COCCOc1ccc2c(O)cnn2c1. The molecule has 0 aliphatic rings. The summed E-state index contributed by atoms with van der Waals surface area (Å²) < 4.78 is 11.8. The van der Waals surface area contributed by atoms with Crippen molar-refractivity contribution in [2.45, 2.75) is 0 Å². The normalized spacial score (nSPS) is 10.7. The molecule has 0 bridgehead atoms. The zero-order chi connectivity index (χ0) is 10.7. The summed E-state index contributed by atoms with van der Waals surface area (Å²) in [6.07, 6.45) is 3.11. The summed E-state index contributed by atoms with van der Waals surface area (Å²) in [4.78, 5) is 0. The van der Waals surface area contributed by atoms with Crippen molar-refractivity contribution in [3.8, 4) is 11.5 Å². The molecule has 0 saturated heterocycles. The number of aromatic nitrogens is 2. The molecule has 0 aliphatic carbocycles. The van der Waals surface area contributed by atoms with E-state index in [0.717, 1.165) is 0 Å². The lowest BCUT2D eigenvalue weighted by atomic mass is 10.4. The first-order chi connectivity index (χ1) is 7.31. The molecule has 1 N–H and O–H groups in total. The maximum atomic E-state index is 9.37. The fourth-order valence-electron chi connectivity index (χ4n) is 1.28. The number of methoxy groups -OCH3 is 1. The summed E-state index contributed by atoms with van der Waals surface area (Å²) in [6.45, 7) is 1.04. The Labute approximate surface area is 86.9 Å². The Balaban J connectivity index is 2.16. The lowest BCUT2D eigenvalue weighted by molar-refractivity contribution is 0.146. The standard InChI is InChI=1S/C10H12N2O3/c1-14-4-5-15-8-2-3-9-10(13)6-11-12(9)7-8/h2-3,6-7,13H,4-5H2,1H3. The van der Waals surface area contributed by atoms with Gasteiger partial charge in [0.15, 0.2) is 5.75 Å². The number of nitrogens with zero attached hydrogens (tertiary/aromatic N) is 2. The number of aromatic hydroxyl groups is 1. The average molecular weight is 208 g/mol. The van der Waals surface area contributed by atoms with Crippen LogP contribution in [0.5, 0.6) is 11.5 Å². The van der Waals surface area contributed by atoms with Crippen LogP contribution in [-0.4, -0.2) is 35.0 Å². The summed E-state index contributed by atoms with van der Waals surface area (Å²) in [6, 6.07) is 3.54. The maximum absolute atomic E-state index is 9.37. The predicted octanol–water partition coefficient (Wildman–Crippen LogP) is 1.07. The first-order valence-electron chi connectivity index (χ1n) is 4.59. The third kappa shape index (κ3) is 2.02. The molecule has 2 heterocycles. The molecule has 0 fully saturated rings. The van der Waals surface area contributed by atoms with Crippen LogP contribution >= 0.6 is 0 Å². The minimum atomic E-state index is 0.165. The Kier molecular flexibility index (Phi) is 2.73. The Morgan fingerprint density at radius 3 is 3.07 bits per heavy atom. The van der Waals surface area contributed by atoms with E-state index in [2.05, 4.69) is 5.10 Å². The van der Waals surface area contributed by atoms with Crippen LogP contribution in [-0.2, 0) is 4.74 Å². The van der Waals surface area contributed by atoms with E-state index in [4.69, 9.17) is 9.47 Å². The minimum Gasteiger partial charge on any atom is -0.504 e. The molecule has 15 heavy (non-hydrogen) atoms. The Bertz CT molecular complexity index is 453. The number of rotatable bonds is 4. The monoisotopic (exact) mass is 208 g/mol. The zero-order valence-corrected chi connectivity index (χ0v) is 8.38. The molecule has 0 spiro atoms. The van der Waals surface area contributed by atoms with E-state index >= 15 is 0 Å². The third-order valence-electron chi connectivity index (χ3n) is 2.02. The Morgan fingerprint density at radius 1 is 1.40 bits per heavy atom. The van der Waals surface area contributed by atoms with E-state index in [1.54, 1.807) is 30.0 Å². The number of fused-ring (bicyclic) bond motifs is 1. The fraction of sp³-hybridized carbons (Fsp3) is 0.300. The molecule has 0 saturated carbocycles. The highest BCUT2D eigenvalue weighted by atomic mass is 16.5. The molecular formula is C10H12N2O3. The number of hydrogen-bond acceptors (Lipinski definition) is 4. The second-order valence-electron chi connectivity index (χ2n) is 3.07. The van der Waals surface area contributed by atoms with Crippen LogP contribution in [0.4, 0.5) is 0 Å². The van der Waals surface area contributed by atoms with Gasteiger partial charge in [-0.3, -0.25) is 0 Å². The molecule has 2 aromatic heterocycles. The topological polar surface area (TPSA) is 56.0 Å². The van der Waals surface area contributed by atoms with Crippen LogP contribution in [0.1, 0.15) is 0 Å². The largest absolute Gasteiger partial charge is 0.504 e. The average Bonchev–Trinajstić information content (AvgIpc) is 2.61. The molecule has 0 aromatic carbocycles. The van der Waals surface area contributed by atoms with E-state index in [0.29, 0.717) is 24.5 Å². The highest BCUT2D eigenvalue weighted by Gasteiger charge is 2.02. The predicted molar refractivity (Wildman–Crippen MR) is 54.2 cm³/mol. The van der Waals surface area contributed by atoms with E-state index in [1.807, 2.05) is 0 Å². The minimum absolute atomic E-state index is 0.165. The molecule has 0 radical (unpaired) electrons. The van der Waals surface area contributed by atoms with Gasteiger partial charge >= 0.3 is 0 Å². The van der Waals surface area contributed by atoms with E-state index < -0.39 is 0 Å². The van der Waals surface area contributed by atoms with Gasteiger partial charge in [0.2, 0.25) is 0 Å². The van der Waals surface area contributed by atoms with E-state index in [9.17, 15) is 5.11 Å². The summed E-state index contributed by atoms with van der Waals surface area (Å²) in [5.74, 6) is 0.862. The van der Waals surface area contributed by atoms with Gasteiger partial charge in [-0.05, 0) is 12.1 Å². The summed E-state index contributed by atoms with van der Waals surface area (Å²) in [5.41, 5.74) is 0.661. The van der Waals surface area contributed by atoms with E-state index in [1.165, 1.54) is 6.20 Å². The molecule has 0 atom stereocenters. The van der Waals surface area contributed by atoms with Crippen LogP contribution in [0.25, 0.3) is 5.52 Å². The smallest absolute Gasteiger partial charge is 0.161 e. The first-order valence-corrected chi connectivity index (χ1v) is 4.59. The van der Waals surface area contributed by atoms with Gasteiger partial charge in [-0.25, -0.2) is 4.52 Å². The summed E-state index contributed by atoms with van der Waals surface area (Å²) in [5, 5.41) is 13.3. The molecule has 2 aromatic rings. The quantitative estimate of drug-likeness (QED) is 0.763. The van der Waals surface area contributed by atoms with Gasteiger partial charge in [0, 0.05) is 7.11 Å². The van der Waals surface area contributed by atoms with Crippen LogP contribution in [0.15, 0.2) is 24.5 Å². The van der Waals surface area contributed by atoms with Crippen molar-refractivity contribution in [2.75, 3.05) is 20.3 Å². The Morgan fingerprint density at radius 2 is 2.27 bits per heavy atom. The van der Waals surface area contributed by atoms with Crippen molar-refractivity contribution >= 4 is 5.52 Å². The molecule has 80 valence electrons. The van der Waals surface area contributed by atoms with Crippen molar-refractivity contribution in [1.82, 2.24) is 9.61 Å². The lowest BCUT2D eigenvalue weighted by Gasteiger charge is -2.05. The molecule has 5 nitrogen and oxygen atoms in total. The third-order valence-corrected chi connectivity index (χ3v) is 2.02. The van der Waals surface area contributed by atoms with Crippen LogP contribution in [0.2, 0.25) is 0 Å². The molecule has 5 heteroatoms. The van der Waals surface area contributed by atoms with Crippen molar-refractivity contribution < 1.29 is 14.6 Å². The van der Waals surface area contributed by atoms with Gasteiger partial charge in [0.05, 0.1) is 19.0 Å². The highest BCUT2D eigenvalue weighted by molar-refractivity contribution is 5.58. The van der Waals surface area contributed by atoms with Crippen molar-refractivity contribution in [3.63, 3.8) is 0 Å². The van der Waals surface area contributed by atoms with Crippen molar-refractivity contribution in [3.05, 3.63) is 24.5 Å². The number of hydrogen-bond donors (Lipinski definition) is 1. The fourth-order valence-corrected chi connectivity index (χ4v) is 1.28. The first kappa shape index (κ1) is 9.79. The van der Waals surface area contributed by atoms with E-state index in [-0.39, 0.29) is 5.75 Å². The van der Waals surface area contributed by atoms with Gasteiger partial charge in [0.1, 0.15) is 17.9 Å². The summed E-state index contributed by atoms with van der Waals surface area (Å²) >= 11 is 0. The van der Waals surface area contributed by atoms with Gasteiger partial charge in [-0.15, -0.1) is 0 Å². The number of pyridine rings is 1. The maximum Gasteiger partial charge on any atom is 0.161 e. The molecule has 0 amide bonds. The van der Waals surface area contributed by atoms with Crippen LogP contribution < -0.4 is 4.74 Å². The molecule has 0 aliphatic heterocycles. The molecule has 2 rings (SSSR count). The summed E-state index contributed by atoms with van der Waals surface area (Å²) in [7, 11) is 1.62.